The van der Waals surface area contributed by atoms with Gasteiger partial charge >= 0.3 is 0 Å². The Bertz CT molecular complexity index is 415. The zero-order valence-electron chi connectivity index (χ0n) is 8.47. The van der Waals surface area contributed by atoms with Crippen LogP contribution in [0.1, 0.15) is 18.4 Å². The number of rotatable bonds is 3. The Morgan fingerprint density at radius 1 is 1.47 bits per heavy atom. The summed E-state index contributed by atoms with van der Waals surface area (Å²) < 4.78 is 0. The van der Waals surface area contributed by atoms with Crippen LogP contribution in [0.15, 0.2) is 42.0 Å². The maximum atomic E-state index is 10.8. The highest BCUT2D eigenvalue weighted by Crippen LogP contribution is 2.17. The van der Waals surface area contributed by atoms with Crippen molar-refractivity contribution < 1.29 is 4.79 Å². The van der Waals surface area contributed by atoms with E-state index in [9.17, 15) is 4.79 Å². The fourth-order valence-corrected chi connectivity index (χ4v) is 1.28. The predicted octanol–water partition coefficient (Wildman–Crippen LogP) is 1.73. The van der Waals surface area contributed by atoms with Crippen molar-refractivity contribution in [1.29, 1.82) is 5.26 Å². The molecule has 1 rings (SSSR count). The van der Waals surface area contributed by atoms with Crippen molar-refractivity contribution in [3.05, 3.63) is 47.5 Å². The molecule has 3 nitrogen and oxygen atoms in total. The minimum Gasteiger partial charge on any atom is -0.365 e. The number of nitriles is 1. The monoisotopic (exact) mass is 200 g/mol. The van der Waals surface area contributed by atoms with Crippen molar-refractivity contribution in [3.63, 3.8) is 0 Å². The number of hydrogen-bond donors (Lipinski definition) is 1. The molecular formula is C12H12N2O. The van der Waals surface area contributed by atoms with Crippen molar-refractivity contribution in [3.8, 4) is 6.07 Å². The number of hydrogen-bond acceptors (Lipinski definition) is 2. The lowest BCUT2D eigenvalue weighted by atomic mass is 9.99. The molecule has 0 radical (unpaired) electrons. The number of nitrogens with zero attached hydrogens (tertiary/aromatic N) is 1. The van der Waals surface area contributed by atoms with E-state index in [1.54, 1.807) is 12.1 Å². The second-order valence-corrected chi connectivity index (χ2v) is 3.26. The number of allylic oxidation sites excluding steroid dienone is 1. The molecule has 0 bridgehead atoms. The largest absolute Gasteiger partial charge is 0.365 e. The van der Waals surface area contributed by atoms with Crippen LogP contribution in [-0.2, 0) is 4.79 Å². The van der Waals surface area contributed by atoms with Gasteiger partial charge in [0.15, 0.2) is 0 Å². The minimum atomic E-state index is -0.680. The highest BCUT2D eigenvalue weighted by Gasteiger charge is 2.07. The molecule has 1 atom stereocenters. The van der Waals surface area contributed by atoms with Gasteiger partial charge in [-0.05, 0) is 5.56 Å². The Morgan fingerprint density at radius 3 is 2.53 bits per heavy atom. The number of benzene rings is 1. The molecule has 1 unspecified atom stereocenters. The smallest absolute Gasteiger partial charge is 0.259 e. The van der Waals surface area contributed by atoms with Crippen LogP contribution in [0.3, 0.4) is 0 Å². The van der Waals surface area contributed by atoms with Crippen LogP contribution in [0.5, 0.6) is 0 Å². The molecule has 3 heteroatoms. The molecule has 0 saturated carbocycles. The molecule has 15 heavy (non-hydrogen) atoms. The Morgan fingerprint density at radius 2 is 2.07 bits per heavy atom. The minimum absolute atomic E-state index is 0.00588. The van der Waals surface area contributed by atoms with Gasteiger partial charge in [0.05, 0.1) is 0 Å². The first-order valence-corrected chi connectivity index (χ1v) is 4.62. The third-order valence-corrected chi connectivity index (χ3v) is 2.13. The molecular weight excluding hydrogens is 188 g/mol. The van der Waals surface area contributed by atoms with E-state index in [-0.39, 0.29) is 11.5 Å². The number of carbonyl (C=O) groups excluding carboxylic acids is 1. The summed E-state index contributed by atoms with van der Waals surface area (Å²) in [5.74, 6) is -0.673. The van der Waals surface area contributed by atoms with Crippen LogP contribution in [0.4, 0.5) is 0 Å². The van der Waals surface area contributed by atoms with Gasteiger partial charge in [-0.15, -0.1) is 0 Å². The summed E-state index contributed by atoms with van der Waals surface area (Å²) in [5.41, 5.74) is 6.10. The van der Waals surface area contributed by atoms with Crippen LogP contribution in [0.25, 0.3) is 0 Å². The summed E-state index contributed by atoms with van der Waals surface area (Å²) >= 11 is 0. The van der Waals surface area contributed by atoms with Crippen LogP contribution in [0, 0.1) is 11.3 Å². The third kappa shape index (κ3) is 2.96. The summed E-state index contributed by atoms with van der Waals surface area (Å²) in [6.07, 6.45) is 1.58. The van der Waals surface area contributed by atoms with Crippen molar-refractivity contribution in [2.75, 3.05) is 0 Å². The Hall–Kier alpha value is -2.08. The standard InChI is InChI=1S/C12H12N2O/c1-9(7-11(8-13)12(14)15)10-5-3-2-4-6-10/h2-7,9H,1H3,(H2,14,15)/b11-7+. The van der Waals surface area contributed by atoms with Gasteiger partial charge in [0.1, 0.15) is 11.6 Å². The molecule has 0 fully saturated rings. The van der Waals surface area contributed by atoms with Crippen molar-refractivity contribution in [2.24, 2.45) is 5.73 Å². The van der Waals surface area contributed by atoms with E-state index in [1.165, 1.54) is 0 Å². The maximum Gasteiger partial charge on any atom is 0.259 e. The molecule has 0 aliphatic carbocycles. The van der Waals surface area contributed by atoms with Crippen molar-refractivity contribution in [2.45, 2.75) is 12.8 Å². The van der Waals surface area contributed by atoms with Crippen LogP contribution >= 0.6 is 0 Å². The second kappa shape index (κ2) is 4.97. The molecule has 0 aromatic heterocycles. The summed E-state index contributed by atoms with van der Waals surface area (Å²) in [5, 5.41) is 8.67. The lowest BCUT2D eigenvalue weighted by Crippen LogP contribution is -2.13. The van der Waals surface area contributed by atoms with E-state index in [0.29, 0.717) is 0 Å². The molecule has 76 valence electrons. The van der Waals surface area contributed by atoms with E-state index in [0.717, 1.165) is 5.56 Å². The quantitative estimate of drug-likeness (QED) is 0.596. The molecule has 0 spiro atoms. The molecule has 2 N–H and O–H groups in total. The first-order valence-electron chi connectivity index (χ1n) is 4.62. The van der Waals surface area contributed by atoms with Gasteiger partial charge in [0.25, 0.3) is 5.91 Å². The average Bonchev–Trinajstić information content (AvgIpc) is 2.26. The Labute approximate surface area is 88.8 Å². The molecule has 0 aliphatic heterocycles. The first kappa shape index (κ1) is 11.0. The molecule has 1 amide bonds. The zero-order valence-corrected chi connectivity index (χ0v) is 8.47. The highest BCUT2D eigenvalue weighted by atomic mass is 16.1. The summed E-state index contributed by atoms with van der Waals surface area (Å²) in [6.45, 7) is 1.91. The number of nitrogens with two attached hydrogens (primary N) is 1. The average molecular weight is 200 g/mol. The lowest BCUT2D eigenvalue weighted by Gasteiger charge is -2.06. The fourth-order valence-electron chi connectivity index (χ4n) is 1.28. The summed E-state index contributed by atoms with van der Waals surface area (Å²) in [6, 6.07) is 11.4. The van der Waals surface area contributed by atoms with Crippen LogP contribution in [0.2, 0.25) is 0 Å². The van der Waals surface area contributed by atoms with E-state index in [1.807, 2.05) is 37.3 Å². The second-order valence-electron chi connectivity index (χ2n) is 3.26. The predicted molar refractivity (Wildman–Crippen MR) is 57.7 cm³/mol. The highest BCUT2D eigenvalue weighted by molar-refractivity contribution is 5.95. The van der Waals surface area contributed by atoms with Gasteiger partial charge in [-0.2, -0.15) is 5.26 Å². The Balaban J connectivity index is 2.93. The van der Waals surface area contributed by atoms with Gasteiger partial charge in [0, 0.05) is 5.92 Å². The van der Waals surface area contributed by atoms with Gasteiger partial charge in [-0.1, -0.05) is 43.3 Å². The van der Waals surface area contributed by atoms with E-state index >= 15 is 0 Å². The van der Waals surface area contributed by atoms with Gasteiger partial charge in [-0.25, -0.2) is 0 Å². The van der Waals surface area contributed by atoms with Gasteiger partial charge in [-0.3, -0.25) is 4.79 Å². The molecule has 0 aliphatic rings. The van der Waals surface area contributed by atoms with Crippen LogP contribution < -0.4 is 5.73 Å². The number of primary amides is 1. The Kier molecular flexibility index (Phi) is 3.64. The number of amides is 1. The SMILES string of the molecule is CC(/C=C(\C#N)C(N)=O)c1ccccc1. The molecule has 1 aromatic rings. The summed E-state index contributed by atoms with van der Waals surface area (Å²) in [7, 11) is 0. The normalized spacial score (nSPS) is 12.9. The van der Waals surface area contributed by atoms with E-state index in [4.69, 9.17) is 11.0 Å². The fraction of sp³-hybridized carbons (Fsp3) is 0.167. The zero-order chi connectivity index (χ0) is 11.3. The van der Waals surface area contributed by atoms with Crippen molar-refractivity contribution in [1.82, 2.24) is 0 Å². The first-order chi connectivity index (χ1) is 7.15. The van der Waals surface area contributed by atoms with E-state index < -0.39 is 5.91 Å². The van der Waals surface area contributed by atoms with Gasteiger partial charge < -0.3 is 5.73 Å². The summed E-state index contributed by atoms with van der Waals surface area (Å²) in [4.78, 5) is 10.8. The molecule has 0 saturated heterocycles. The van der Waals surface area contributed by atoms with Crippen LogP contribution in [-0.4, -0.2) is 5.91 Å². The molecule has 1 aromatic carbocycles. The molecule has 0 heterocycles. The third-order valence-electron chi connectivity index (χ3n) is 2.13. The van der Waals surface area contributed by atoms with Gasteiger partial charge in [0.2, 0.25) is 0 Å². The lowest BCUT2D eigenvalue weighted by molar-refractivity contribution is -0.114. The topological polar surface area (TPSA) is 66.9 Å². The maximum absolute atomic E-state index is 10.8. The van der Waals surface area contributed by atoms with E-state index in [2.05, 4.69) is 0 Å². The number of carbonyl (C=O) groups is 1. The van der Waals surface area contributed by atoms with Crippen molar-refractivity contribution >= 4 is 5.91 Å².